The Hall–Kier alpha value is -0.523. The summed E-state index contributed by atoms with van der Waals surface area (Å²) in [5.74, 6) is 0. The highest BCUT2D eigenvalue weighted by atomic mass is 35.5. The minimum absolute atomic E-state index is 0.497. The quantitative estimate of drug-likeness (QED) is 0.300. The van der Waals surface area contributed by atoms with Crippen LogP contribution < -0.4 is 5.19 Å². The molecule has 1 aromatic carbocycles. The van der Waals surface area contributed by atoms with E-state index in [9.17, 15) is 17.8 Å². The number of hydrogen-bond acceptors (Lipinski definition) is 6. The van der Waals surface area contributed by atoms with Gasteiger partial charge in [-0.2, -0.15) is 0 Å². The Labute approximate surface area is 187 Å². The summed E-state index contributed by atoms with van der Waals surface area (Å²) in [6, 6.07) is 8.09. The molecule has 1 aliphatic heterocycles. The van der Waals surface area contributed by atoms with Crippen molar-refractivity contribution in [2.24, 2.45) is 0 Å². The van der Waals surface area contributed by atoms with Crippen LogP contribution in [0.2, 0.25) is 10.6 Å². The van der Waals surface area contributed by atoms with Gasteiger partial charge in [-0.25, -0.2) is 8.42 Å². The summed E-state index contributed by atoms with van der Waals surface area (Å²) in [5.41, 5.74) is 0.497. The average molecular weight is 479 g/mol. The molecule has 1 heterocycles. The van der Waals surface area contributed by atoms with E-state index in [-0.39, 0.29) is 0 Å². The monoisotopic (exact) mass is 478 g/mol. The molecule has 30 heavy (non-hydrogen) atoms. The first-order chi connectivity index (χ1) is 14.0. The Morgan fingerprint density at radius 1 is 1.17 bits per heavy atom. The molecule has 1 saturated carbocycles. The van der Waals surface area contributed by atoms with E-state index in [2.05, 4.69) is 35.3 Å². The third kappa shape index (κ3) is 7.87. The van der Waals surface area contributed by atoms with Crippen molar-refractivity contribution in [3.8, 4) is 0 Å². The largest absolute Gasteiger partial charge is 0.726 e. The minimum atomic E-state index is -4.41. The summed E-state index contributed by atoms with van der Waals surface area (Å²) in [7, 11) is -1.51. The lowest BCUT2D eigenvalue weighted by molar-refractivity contribution is -0.894. The number of hydrogen-bond donors (Lipinski definition) is 1. The van der Waals surface area contributed by atoms with Gasteiger partial charge in [-0.3, -0.25) is 9.08 Å². The second kappa shape index (κ2) is 10.9. The van der Waals surface area contributed by atoms with Gasteiger partial charge in [0, 0.05) is 24.3 Å². The van der Waals surface area contributed by atoms with Gasteiger partial charge in [-0.1, -0.05) is 55.8 Å². The van der Waals surface area contributed by atoms with Crippen molar-refractivity contribution in [2.45, 2.75) is 37.6 Å². The molecule has 0 aromatic heterocycles. The number of nitrogens with zero attached hydrogens (tertiary/aromatic N) is 2. The van der Waals surface area contributed by atoms with Crippen molar-refractivity contribution in [1.29, 1.82) is 0 Å². The van der Waals surface area contributed by atoms with Gasteiger partial charge in [0.05, 0.1) is 34.3 Å². The van der Waals surface area contributed by atoms with Gasteiger partial charge in [0.15, 0.2) is 0 Å². The Morgan fingerprint density at radius 2 is 1.67 bits per heavy atom. The van der Waals surface area contributed by atoms with Crippen LogP contribution in [0.5, 0.6) is 0 Å². The van der Waals surface area contributed by atoms with E-state index >= 15 is 0 Å². The topological polar surface area (TPSA) is 89.9 Å². The van der Waals surface area contributed by atoms with Crippen molar-refractivity contribution < 1.29 is 26.4 Å². The predicted octanol–water partition coefficient (Wildman–Crippen LogP) is 1.84. The molecule has 10 heteroatoms. The first kappa shape index (κ1) is 25.7. The zero-order valence-electron chi connectivity index (χ0n) is 18.2. The van der Waals surface area contributed by atoms with Crippen molar-refractivity contribution in [3.63, 3.8) is 0 Å². The number of benzene rings is 1. The molecule has 0 spiro atoms. The highest BCUT2D eigenvalue weighted by Crippen LogP contribution is 2.36. The summed E-state index contributed by atoms with van der Waals surface area (Å²) in [5, 5.41) is 1.94. The highest BCUT2D eigenvalue weighted by Gasteiger charge is 2.44. The van der Waals surface area contributed by atoms with Crippen LogP contribution in [0.1, 0.15) is 32.1 Å². The Bertz CT molecular complexity index is 762. The fraction of sp³-hybridized carbons (Fsp3) is 0.700. The predicted molar refractivity (Wildman–Crippen MR) is 121 cm³/mol. The van der Waals surface area contributed by atoms with Gasteiger partial charge in [-0.15, -0.1) is 0 Å². The standard InChI is InChI=1S/C19H32ClN2OSi.CH4O4S/c1-22(2)14-12-21(13-15-22)16-24(23,18-6-4-3-5-7-18)19-10-8-17(20)9-11-19;1-5-6(2,3)4/h8-11,18,23H,3-7,12-16H2,1-2H3;1H3,(H,2,3,4)/q+1;/p-1. The zero-order chi connectivity index (χ0) is 22.4. The second-order valence-electron chi connectivity index (χ2n) is 9.00. The van der Waals surface area contributed by atoms with Gasteiger partial charge in [-0.05, 0) is 22.9 Å². The van der Waals surface area contributed by atoms with Crippen LogP contribution in [-0.2, 0) is 14.6 Å². The number of quaternary nitrogens is 1. The molecule has 3 rings (SSSR count). The third-order valence-corrected chi connectivity index (χ3v) is 11.2. The molecule has 1 aromatic rings. The zero-order valence-corrected chi connectivity index (χ0v) is 20.8. The smallest absolute Gasteiger partial charge is 0.237 e. The molecule has 1 N–H and O–H groups in total. The maximum atomic E-state index is 11.9. The van der Waals surface area contributed by atoms with E-state index in [1.807, 2.05) is 12.1 Å². The molecule has 2 fully saturated rings. The molecule has 0 bridgehead atoms. The molecule has 0 amide bonds. The van der Waals surface area contributed by atoms with Crippen LogP contribution in [0, 0.1) is 0 Å². The van der Waals surface area contributed by atoms with Crippen molar-refractivity contribution in [2.75, 3.05) is 53.6 Å². The molecule has 172 valence electrons. The van der Waals surface area contributed by atoms with E-state index in [0.717, 1.165) is 35.9 Å². The average Bonchev–Trinajstić information content (AvgIpc) is 2.70. The molecule has 7 nitrogen and oxygen atoms in total. The van der Waals surface area contributed by atoms with Crippen LogP contribution in [0.25, 0.3) is 0 Å². The summed E-state index contributed by atoms with van der Waals surface area (Å²) in [4.78, 5) is 14.5. The van der Waals surface area contributed by atoms with Crippen LogP contribution in [0.15, 0.2) is 24.3 Å². The van der Waals surface area contributed by atoms with Crippen molar-refractivity contribution in [3.05, 3.63) is 29.3 Å². The number of likely N-dealkylation sites (N-methyl/N-ethyl adjacent to an activating group) is 1. The van der Waals surface area contributed by atoms with Gasteiger partial charge in [0.25, 0.3) is 0 Å². The molecule has 1 atom stereocenters. The lowest BCUT2D eigenvalue weighted by atomic mass is 10.0. The van der Waals surface area contributed by atoms with Crippen molar-refractivity contribution >= 4 is 35.5 Å². The van der Waals surface area contributed by atoms with Gasteiger partial charge in [0.2, 0.25) is 18.7 Å². The van der Waals surface area contributed by atoms with E-state index in [1.54, 1.807) is 0 Å². The SMILES string of the molecule is COS(=O)(=O)[O-].C[N+]1(C)CCN(C[Si](O)(c2ccc(Cl)cc2)C2CCCCC2)CC1. The summed E-state index contributed by atoms with van der Waals surface area (Å²) < 4.78 is 32.1. The number of halogens is 1. The molecule has 1 unspecified atom stereocenters. The Morgan fingerprint density at radius 3 is 2.13 bits per heavy atom. The Kier molecular flexibility index (Phi) is 9.32. The molecule has 2 aliphatic rings. The minimum Gasteiger partial charge on any atom is -0.726 e. The second-order valence-corrected chi connectivity index (χ2v) is 14.1. The fourth-order valence-corrected chi connectivity index (χ4v) is 8.47. The van der Waals surface area contributed by atoms with E-state index in [0.29, 0.717) is 5.54 Å². The number of piperazine rings is 1. The molecular weight excluding hydrogens is 444 g/mol. The Balaban J connectivity index is 0.000000469. The first-order valence-corrected chi connectivity index (χ1v) is 14.4. The van der Waals surface area contributed by atoms with E-state index in [4.69, 9.17) is 11.6 Å². The summed E-state index contributed by atoms with van der Waals surface area (Å²) >= 11 is 6.09. The lowest BCUT2D eigenvalue weighted by Gasteiger charge is -2.44. The number of rotatable bonds is 5. The van der Waals surface area contributed by atoms with Gasteiger partial charge in [0.1, 0.15) is 0 Å². The van der Waals surface area contributed by atoms with Crippen LogP contribution in [0.4, 0.5) is 0 Å². The van der Waals surface area contributed by atoms with E-state index < -0.39 is 18.7 Å². The van der Waals surface area contributed by atoms with Crippen LogP contribution in [-0.4, -0.2) is 89.0 Å². The van der Waals surface area contributed by atoms with Crippen LogP contribution >= 0.6 is 11.6 Å². The lowest BCUT2D eigenvalue weighted by Crippen LogP contribution is -2.64. The maximum Gasteiger partial charge on any atom is 0.237 e. The fourth-order valence-electron chi connectivity index (χ4n) is 4.32. The highest BCUT2D eigenvalue weighted by molar-refractivity contribution is 7.80. The van der Waals surface area contributed by atoms with Gasteiger partial charge < -0.3 is 13.8 Å². The normalized spacial score (nSPS) is 22.6. The van der Waals surface area contributed by atoms with Crippen LogP contribution in [0.3, 0.4) is 0 Å². The first-order valence-electron chi connectivity index (χ1n) is 10.5. The molecule has 1 aliphatic carbocycles. The van der Waals surface area contributed by atoms with Crippen molar-refractivity contribution in [1.82, 2.24) is 4.90 Å². The summed E-state index contributed by atoms with van der Waals surface area (Å²) in [6.45, 7) is 4.55. The third-order valence-electron chi connectivity index (χ3n) is 6.34. The maximum absolute atomic E-state index is 11.9. The summed E-state index contributed by atoms with van der Waals surface area (Å²) in [6.07, 6.45) is 7.16. The van der Waals surface area contributed by atoms with Gasteiger partial charge >= 0.3 is 0 Å². The molecular formula is C20H35ClN2O5SSi. The van der Waals surface area contributed by atoms with E-state index in [1.165, 1.54) is 50.4 Å². The molecule has 0 radical (unpaired) electrons. The molecule has 1 saturated heterocycles.